The van der Waals surface area contributed by atoms with Gasteiger partial charge in [0.05, 0.1) is 19.4 Å². The first-order chi connectivity index (χ1) is 15.6. The molecule has 2 aliphatic rings. The second-order valence-electron chi connectivity index (χ2n) is 7.76. The minimum Gasteiger partial charge on any atom is -0.493 e. The summed E-state index contributed by atoms with van der Waals surface area (Å²) in [6.45, 7) is 3.49. The van der Waals surface area contributed by atoms with Gasteiger partial charge in [-0.25, -0.2) is 0 Å². The van der Waals surface area contributed by atoms with Crippen LogP contribution in [-0.2, 0) is 13.0 Å². The van der Waals surface area contributed by atoms with E-state index in [4.69, 9.17) is 24.4 Å². The maximum atomic E-state index is 9.91. The first kappa shape index (κ1) is 20.0. The quantitative estimate of drug-likeness (QED) is 0.655. The van der Waals surface area contributed by atoms with Crippen molar-refractivity contribution in [2.24, 2.45) is 0 Å². The summed E-state index contributed by atoms with van der Waals surface area (Å²) < 4.78 is 24.3. The molecule has 3 heterocycles. The Morgan fingerprint density at radius 1 is 1.09 bits per heavy atom. The molecule has 0 saturated carbocycles. The average Bonchev–Trinajstić information content (AvgIpc) is 3.28. The first-order valence-corrected chi connectivity index (χ1v) is 10.6. The minimum atomic E-state index is 0.202. The summed E-state index contributed by atoms with van der Waals surface area (Å²) in [5.74, 6) is 2.71. The van der Waals surface area contributed by atoms with Gasteiger partial charge in [-0.1, -0.05) is 13.0 Å². The summed E-state index contributed by atoms with van der Waals surface area (Å²) in [5.41, 5.74) is 5.05. The number of ether oxygens (including phenoxy) is 4. The monoisotopic (exact) mass is 429 g/mol. The number of pyridine rings is 1. The van der Waals surface area contributed by atoms with Crippen molar-refractivity contribution in [2.45, 2.75) is 26.3 Å². The lowest BCUT2D eigenvalue weighted by Gasteiger charge is -2.24. The van der Waals surface area contributed by atoms with Gasteiger partial charge in [0.25, 0.3) is 0 Å². The van der Waals surface area contributed by atoms with Gasteiger partial charge < -0.3 is 23.5 Å². The zero-order valence-electron chi connectivity index (χ0n) is 18.0. The molecular formula is C25H23N3O4. The maximum Gasteiger partial charge on any atom is 0.231 e. The number of aryl methyl sites for hydroxylation is 1. The van der Waals surface area contributed by atoms with Crippen LogP contribution in [0.15, 0.2) is 36.4 Å². The van der Waals surface area contributed by atoms with E-state index in [1.54, 1.807) is 7.11 Å². The topological polar surface area (TPSA) is 89.5 Å². The molecule has 7 nitrogen and oxygen atoms in total. The minimum absolute atomic E-state index is 0.202. The standard InChI is InChI=1S/C25H23N3O4/c1-3-8-30-21-5-4-15(9-22(21)29-2)17-11-20-18-12-24-23(31-14-32-24)10-16(18)6-7-28(20)25(27)19(17)13-26/h4-5,9-12,27H,3,6-8,14H2,1-2H3. The zero-order chi connectivity index (χ0) is 22.2. The molecule has 0 fully saturated rings. The molecule has 2 aliphatic heterocycles. The number of nitrogens with zero attached hydrogens (tertiary/aromatic N) is 2. The lowest BCUT2D eigenvalue weighted by atomic mass is 9.92. The molecule has 0 spiro atoms. The fraction of sp³-hybridized carbons (Fsp3) is 0.280. The third kappa shape index (κ3) is 3.16. The fourth-order valence-corrected chi connectivity index (χ4v) is 4.29. The van der Waals surface area contributed by atoms with E-state index in [0.29, 0.717) is 41.5 Å². The Hall–Kier alpha value is -3.92. The summed E-state index contributed by atoms with van der Waals surface area (Å²) in [6.07, 6.45) is 1.66. The van der Waals surface area contributed by atoms with Crippen LogP contribution >= 0.6 is 0 Å². The number of rotatable bonds is 5. The molecular weight excluding hydrogens is 406 g/mol. The van der Waals surface area contributed by atoms with Crippen LogP contribution in [0.2, 0.25) is 0 Å². The smallest absolute Gasteiger partial charge is 0.231 e. The van der Waals surface area contributed by atoms with Gasteiger partial charge in [0.15, 0.2) is 23.0 Å². The van der Waals surface area contributed by atoms with Gasteiger partial charge >= 0.3 is 0 Å². The highest BCUT2D eigenvalue weighted by Gasteiger charge is 2.25. The molecule has 0 radical (unpaired) electrons. The van der Waals surface area contributed by atoms with E-state index in [1.807, 2.05) is 47.9 Å². The second kappa shape index (κ2) is 7.97. The molecule has 2 aromatic carbocycles. The van der Waals surface area contributed by atoms with Gasteiger partial charge in [-0.05, 0) is 54.3 Å². The third-order valence-electron chi connectivity index (χ3n) is 5.88. The number of hydrogen-bond acceptors (Lipinski definition) is 6. The van der Waals surface area contributed by atoms with E-state index >= 15 is 0 Å². The number of nitrogens with one attached hydrogen (secondary N) is 1. The van der Waals surface area contributed by atoms with Gasteiger partial charge in [0.2, 0.25) is 6.79 Å². The van der Waals surface area contributed by atoms with Crippen molar-refractivity contribution in [1.29, 1.82) is 10.7 Å². The third-order valence-corrected chi connectivity index (χ3v) is 5.88. The normalized spacial score (nSPS) is 13.2. The Bertz CT molecular complexity index is 1320. The lowest BCUT2D eigenvalue weighted by molar-refractivity contribution is 0.174. The van der Waals surface area contributed by atoms with Crippen molar-refractivity contribution in [3.63, 3.8) is 0 Å². The number of methoxy groups -OCH3 is 1. The molecule has 3 aromatic rings. The molecule has 7 heteroatoms. The van der Waals surface area contributed by atoms with Crippen molar-refractivity contribution >= 4 is 0 Å². The molecule has 162 valence electrons. The molecule has 0 unspecified atom stereocenters. The van der Waals surface area contributed by atoms with Crippen molar-refractivity contribution in [2.75, 3.05) is 20.5 Å². The summed E-state index contributed by atoms with van der Waals surface area (Å²) in [6, 6.07) is 13.8. The summed E-state index contributed by atoms with van der Waals surface area (Å²) in [4.78, 5) is 0. The molecule has 0 bridgehead atoms. The number of fused-ring (bicyclic) bond motifs is 4. The van der Waals surface area contributed by atoms with Crippen molar-refractivity contribution < 1.29 is 18.9 Å². The highest BCUT2D eigenvalue weighted by Crippen LogP contribution is 2.42. The average molecular weight is 429 g/mol. The Morgan fingerprint density at radius 3 is 2.66 bits per heavy atom. The van der Waals surface area contributed by atoms with Crippen LogP contribution < -0.4 is 24.4 Å². The number of aromatic nitrogens is 1. The van der Waals surface area contributed by atoms with Crippen LogP contribution in [0.25, 0.3) is 22.4 Å². The second-order valence-corrected chi connectivity index (χ2v) is 7.76. The molecule has 0 atom stereocenters. The Balaban J connectivity index is 1.69. The van der Waals surface area contributed by atoms with Crippen LogP contribution in [0, 0.1) is 16.7 Å². The summed E-state index contributed by atoms with van der Waals surface area (Å²) in [7, 11) is 1.60. The van der Waals surface area contributed by atoms with E-state index in [1.165, 1.54) is 0 Å². The Labute approximate surface area is 185 Å². The van der Waals surface area contributed by atoms with E-state index in [2.05, 4.69) is 6.07 Å². The van der Waals surface area contributed by atoms with Gasteiger partial charge in [-0.15, -0.1) is 0 Å². The molecule has 0 amide bonds. The van der Waals surface area contributed by atoms with Crippen LogP contribution in [0.1, 0.15) is 24.5 Å². The SMILES string of the molecule is CCCOc1ccc(-c2cc3n(c(=N)c2C#N)CCc2cc4c(cc2-3)OCO4)cc1OC. The highest BCUT2D eigenvalue weighted by atomic mass is 16.7. The van der Waals surface area contributed by atoms with E-state index in [9.17, 15) is 5.26 Å². The molecule has 32 heavy (non-hydrogen) atoms. The Kier molecular flexibility index (Phi) is 4.98. The highest BCUT2D eigenvalue weighted by molar-refractivity contribution is 5.79. The first-order valence-electron chi connectivity index (χ1n) is 10.6. The van der Waals surface area contributed by atoms with Crippen LogP contribution in [0.3, 0.4) is 0 Å². The lowest BCUT2D eigenvalue weighted by Crippen LogP contribution is -2.28. The molecule has 0 saturated heterocycles. The van der Waals surface area contributed by atoms with Gasteiger partial charge in [-0.3, -0.25) is 5.41 Å². The van der Waals surface area contributed by atoms with Gasteiger partial charge in [0.1, 0.15) is 17.1 Å². The van der Waals surface area contributed by atoms with Crippen LogP contribution in [0.5, 0.6) is 23.0 Å². The number of nitriles is 1. The summed E-state index contributed by atoms with van der Waals surface area (Å²) in [5, 5.41) is 18.7. The van der Waals surface area contributed by atoms with Crippen LogP contribution in [0.4, 0.5) is 0 Å². The zero-order valence-corrected chi connectivity index (χ0v) is 18.0. The molecule has 0 aliphatic carbocycles. The van der Waals surface area contributed by atoms with Crippen molar-refractivity contribution in [3.8, 4) is 51.5 Å². The van der Waals surface area contributed by atoms with Crippen molar-refractivity contribution in [3.05, 3.63) is 53.0 Å². The molecule has 1 N–H and O–H groups in total. The van der Waals surface area contributed by atoms with E-state index in [-0.39, 0.29) is 12.3 Å². The van der Waals surface area contributed by atoms with E-state index in [0.717, 1.165) is 41.0 Å². The van der Waals surface area contributed by atoms with Gasteiger partial charge in [0, 0.05) is 17.7 Å². The molecule has 5 rings (SSSR count). The Morgan fingerprint density at radius 2 is 1.91 bits per heavy atom. The number of benzene rings is 2. The summed E-state index contributed by atoms with van der Waals surface area (Å²) >= 11 is 0. The van der Waals surface area contributed by atoms with Crippen molar-refractivity contribution in [1.82, 2.24) is 4.57 Å². The molecule has 1 aromatic heterocycles. The number of hydrogen-bond donors (Lipinski definition) is 1. The largest absolute Gasteiger partial charge is 0.493 e. The van der Waals surface area contributed by atoms with Gasteiger partial charge in [-0.2, -0.15) is 5.26 Å². The predicted molar refractivity (Wildman–Crippen MR) is 118 cm³/mol. The predicted octanol–water partition coefficient (Wildman–Crippen LogP) is 4.26. The van der Waals surface area contributed by atoms with Crippen LogP contribution in [-0.4, -0.2) is 25.1 Å². The van der Waals surface area contributed by atoms with E-state index < -0.39 is 0 Å². The maximum absolute atomic E-state index is 9.91. The fourth-order valence-electron chi connectivity index (χ4n) is 4.29.